The maximum atomic E-state index is 12.0. The molecule has 0 spiro atoms. The van der Waals surface area contributed by atoms with Gasteiger partial charge >= 0.3 is 6.36 Å². The summed E-state index contributed by atoms with van der Waals surface area (Å²) in [4.78, 5) is 1.86. The Bertz CT molecular complexity index is 409. The van der Waals surface area contributed by atoms with Crippen molar-refractivity contribution in [3.05, 3.63) is 36.0 Å². The van der Waals surface area contributed by atoms with Crippen molar-refractivity contribution in [2.24, 2.45) is 0 Å². The van der Waals surface area contributed by atoms with E-state index in [9.17, 15) is 13.2 Å². The summed E-state index contributed by atoms with van der Waals surface area (Å²) in [6, 6.07) is 5.77. The van der Waals surface area contributed by atoms with Gasteiger partial charge in [-0.2, -0.15) is 0 Å². The molecular weight excluding hydrogens is 243 g/mol. The maximum absolute atomic E-state index is 12.0. The van der Waals surface area contributed by atoms with Gasteiger partial charge in [-0.15, -0.1) is 13.2 Å². The molecule has 0 amide bonds. The Morgan fingerprint density at radius 2 is 1.83 bits per heavy atom. The zero-order valence-corrected chi connectivity index (χ0v) is 10.6. The summed E-state index contributed by atoms with van der Waals surface area (Å²) in [5.41, 5.74) is 1.99. The van der Waals surface area contributed by atoms with Gasteiger partial charge in [-0.25, -0.2) is 0 Å². The van der Waals surface area contributed by atoms with Crippen LogP contribution in [0.1, 0.15) is 20.3 Å². The Kier molecular flexibility index (Phi) is 4.64. The van der Waals surface area contributed by atoms with E-state index in [1.807, 2.05) is 32.0 Å². The van der Waals surface area contributed by atoms with Crippen molar-refractivity contribution in [3.63, 3.8) is 0 Å². The smallest absolute Gasteiger partial charge is 0.406 e. The fourth-order valence-electron chi connectivity index (χ4n) is 1.38. The molecule has 1 rings (SSSR count). The molecule has 0 aliphatic carbocycles. The molecule has 0 atom stereocenters. The molecule has 0 fully saturated rings. The van der Waals surface area contributed by atoms with Crippen LogP contribution in [0.5, 0.6) is 5.75 Å². The minimum absolute atomic E-state index is 0.212. The molecule has 0 radical (unpaired) electrons. The molecule has 0 heterocycles. The van der Waals surface area contributed by atoms with Gasteiger partial charge in [-0.05, 0) is 37.6 Å². The number of rotatable bonds is 4. The van der Waals surface area contributed by atoms with Crippen LogP contribution in [0.2, 0.25) is 0 Å². The molecule has 0 aliphatic heterocycles. The fourth-order valence-corrected chi connectivity index (χ4v) is 1.38. The summed E-state index contributed by atoms with van der Waals surface area (Å²) in [5, 5.41) is 0. The highest BCUT2D eigenvalue weighted by Crippen LogP contribution is 2.25. The molecule has 2 nitrogen and oxygen atoms in total. The topological polar surface area (TPSA) is 12.5 Å². The van der Waals surface area contributed by atoms with Crippen molar-refractivity contribution in [3.8, 4) is 5.75 Å². The number of hydrogen-bond acceptors (Lipinski definition) is 2. The molecule has 0 bridgehead atoms. The SMILES string of the molecule is CCC(C)=CN(C)c1ccc(OC(F)(F)F)cc1. The van der Waals surface area contributed by atoms with Crippen LogP contribution in [0.3, 0.4) is 0 Å². The second kappa shape index (κ2) is 5.80. The van der Waals surface area contributed by atoms with Crippen molar-refractivity contribution in [1.29, 1.82) is 0 Å². The van der Waals surface area contributed by atoms with Crippen molar-refractivity contribution in [2.45, 2.75) is 26.6 Å². The number of alkyl halides is 3. The summed E-state index contributed by atoms with van der Waals surface area (Å²) in [6.45, 7) is 4.04. The van der Waals surface area contributed by atoms with Crippen LogP contribution in [-0.4, -0.2) is 13.4 Å². The molecule has 0 saturated heterocycles. The highest BCUT2D eigenvalue weighted by atomic mass is 19.4. The van der Waals surface area contributed by atoms with Crippen LogP contribution in [0, 0.1) is 0 Å². The quantitative estimate of drug-likeness (QED) is 0.797. The second-order valence-electron chi connectivity index (χ2n) is 3.98. The molecule has 0 aliphatic rings. The largest absolute Gasteiger partial charge is 0.573 e. The highest BCUT2D eigenvalue weighted by molar-refractivity contribution is 5.51. The van der Waals surface area contributed by atoms with Crippen LogP contribution in [0.15, 0.2) is 36.0 Å². The van der Waals surface area contributed by atoms with Gasteiger partial charge < -0.3 is 9.64 Å². The zero-order chi connectivity index (χ0) is 13.8. The Morgan fingerprint density at radius 3 is 2.28 bits per heavy atom. The average Bonchev–Trinajstić information content (AvgIpc) is 2.27. The fraction of sp³-hybridized carbons (Fsp3) is 0.385. The lowest BCUT2D eigenvalue weighted by Crippen LogP contribution is -2.17. The second-order valence-corrected chi connectivity index (χ2v) is 3.98. The number of allylic oxidation sites excluding steroid dienone is 1. The first-order valence-corrected chi connectivity index (χ1v) is 5.57. The summed E-state index contributed by atoms with van der Waals surface area (Å²) < 4.78 is 39.7. The molecule has 0 N–H and O–H groups in total. The number of benzene rings is 1. The van der Waals surface area contributed by atoms with Crippen molar-refractivity contribution in [1.82, 2.24) is 0 Å². The minimum Gasteiger partial charge on any atom is -0.406 e. The van der Waals surface area contributed by atoms with Gasteiger partial charge in [0, 0.05) is 18.9 Å². The van der Waals surface area contributed by atoms with Crippen LogP contribution < -0.4 is 9.64 Å². The summed E-state index contributed by atoms with van der Waals surface area (Å²) in [5.74, 6) is -0.212. The van der Waals surface area contributed by atoms with Crippen molar-refractivity contribution >= 4 is 5.69 Å². The molecule has 1 aromatic rings. The molecule has 0 unspecified atom stereocenters. The Hall–Kier alpha value is -1.65. The van der Waals surface area contributed by atoms with E-state index in [0.29, 0.717) is 0 Å². The van der Waals surface area contributed by atoms with Gasteiger partial charge in [0.15, 0.2) is 0 Å². The minimum atomic E-state index is -4.65. The predicted octanol–water partition coefficient (Wildman–Crippen LogP) is 4.34. The third-order valence-electron chi connectivity index (χ3n) is 2.45. The van der Waals surface area contributed by atoms with Crippen molar-refractivity contribution < 1.29 is 17.9 Å². The molecule has 1 aromatic carbocycles. The first-order chi connectivity index (χ1) is 8.31. The molecule has 18 heavy (non-hydrogen) atoms. The lowest BCUT2D eigenvalue weighted by Gasteiger charge is -2.16. The molecule has 0 aromatic heterocycles. The number of nitrogens with zero attached hydrogens (tertiary/aromatic N) is 1. The van der Waals surface area contributed by atoms with Crippen LogP contribution >= 0.6 is 0 Å². The van der Waals surface area contributed by atoms with E-state index < -0.39 is 6.36 Å². The van der Waals surface area contributed by atoms with Gasteiger partial charge in [-0.3, -0.25) is 0 Å². The summed E-state index contributed by atoms with van der Waals surface area (Å²) in [6.07, 6.45) is -1.77. The van der Waals surface area contributed by atoms with E-state index >= 15 is 0 Å². The third-order valence-corrected chi connectivity index (χ3v) is 2.45. The normalized spacial score (nSPS) is 12.4. The molecule has 5 heteroatoms. The third kappa shape index (κ3) is 4.69. The van der Waals surface area contributed by atoms with E-state index in [2.05, 4.69) is 4.74 Å². The molecular formula is C13H16F3NO. The predicted molar refractivity (Wildman–Crippen MR) is 65.6 cm³/mol. The molecule has 0 saturated carbocycles. The summed E-state index contributed by atoms with van der Waals surface area (Å²) >= 11 is 0. The van der Waals surface area contributed by atoms with Gasteiger partial charge in [-0.1, -0.05) is 12.5 Å². The Labute approximate surface area is 105 Å². The number of anilines is 1. The Balaban J connectivity index is 2.77. The van der Waals surface area contributed by atoms with E-state index in [-0.39, 0.29) is 5.75 Å². The molecule has 100 valence electrons. The monoisotopic (exact) mass is 259 g/mol. The number of halogens is 3. The first-order valence-electron chi connectivity index (χ1n) is 5.57. The van der Waals surface area contributed by atoms with Crippen LogP contribution in [0.4, 0.5) is 18.9 Å². The van der Waals surface area contributed by atoms with Crippen LogP contribution in [-0.2, 0) is 0 Å². The van der Waals surface area contributed by atoms with Gasteiger partial charge in [0.25, 0.3) is 0 Å². The van der Waals surface area contributed by atoms with Gasteiger partial charge in [0.2, 0.25) is 0 Å². The van der Waals surface area contributed by atoms with E-state index in [1.54, 1.807) is 12.1 Å². The lowest BCUT2D eigenvalue weighted by molar-refractivity contribution is -0.274. The average molecular weight is 259 g/mol. The highest BCUT2D eigenvalue weighted by Gasteiger charge is 2.30. The van der Waals surface area contributed by atoms with E-state index in [4.69, 9.17) is 0 Å². The lowest BCUT2D eigenvalue weighted by atomic mass is 10.2. The van der Waals surface area contributed by atoms with Crippen LogP contribution in [0.25, 0.3) is 0 Å². The Morgan fingerprint density at radius 1 is 1.28 bits per heavy atom. The van der Waals surface area contributed by atoms with E-state index in [1.165, 1.54) is 17.7 Å². The van der Waals surface area contributed by atoms with Gasteiger partial charge in [0.1, 0.15) is 5.75 Å². The number of ether oxygens (including phenoxy) is 1. The standard InChI is InChI=1S/C13H16F3NO/c1-4-10(2)9-17(3)11-5-7-12(8-6-11)18-13(14,15)16/h5-9H,4H2,1-3H3. The number of hydrogen-bond donors (Lipinski definition) is 0. The maximum Gasteiger partial charge on any atom is 0.573 e. The van der Waals surface area contributed by atoms with Crippen molar-refractivity contribution in [2.75, 3.05) is 11.9 Å². The van der Waals surface area contributed by atoms with E-state index in [0.717, 1.165) is 12.1 Å². The first kappa shape index (κ1) is 14.4. The summed E-state index contributed by atoms with van der Waals surface area (Å²) in [7, 11) is 1.85. The zero-order valence-electron chi connectivity index (χ0n) is 10.6. The van der Waals surface area contributed by atoms with Gasteiger partial charge in [0.05, 0.1) is 0 Å².